The number of para-hydroxylation sites is 2. The van der Waals surface area contributed by atoms with Crippen LogP contribution < -0.4 is 15.0 Å². The maximum absolute atomic E-state index is 11.9. The molecule has 0 aromatic heterocycles. The first-order valence-electron chi connectivity index (χ1n) is 7.64. The van der Waals surface area contributed by atoms with Gasteiger partial charge in [0, 0.05) is 5.56 Å². The zero-order valence-electron chi connectivity index (χ0n) is 13.9. The predicted molar refractivity (Wildman–Crippen MR) is 91.5 cm³/mol. The molecule has 5 heteroatoms. The van der Waals surface area contributed by atoms with Crippen LogP contribution in [-0.4, -0.2) is 13.1 Å². The number of esters is 1. The van der Waals surface area contributed by atoms with E-state index in [1.54, 1.807) is 12.1 Å². The van der Waals surface area contributed by atoms with Gasteiger partial charge < -0.3 is 9.47 Å². The van der Waals surface area contributed by atoms with Gasteiger partial charge in [0.1, 0.15) is 23.8 Å². The second-order valence-corrected chi connectivity index (χ2v) is 5.03. The second-order valence-electron chi connectivity index (χ2n) is 5.03. The zero-order chi connectivity index (χ0) is 17.4. The van der Waals surface area contributed by atoms with Gasteiger partial charge in [0.15, 0.2) is 0 Å². The van der Waals surface area contributed by atoms with Gasteiger partial charge in [-0.25, -0.2) is 4.79 Å². The van der Waals surface area contributed by atoms with Crippen molar-refractivity contribution in [3.05, 3.63) is 71.9 Å². The molecule has 0 atom stereocenters. The summed E-state index contributed by atoms with van der Waals surface area (Å²) in [5.41, 5.74) is 4.27. The highest BCUT2D eigenvalue weighted by Gasteiger charge is 2.13. The Morgan fingerprint density at radius 3 is 2.33 bits per heavy atom. The standard InChI is InChI=1S/C19H21NO4/c1-4-15-9-5-7-11-17(15)23-13-16-10-6-8-12-18(16)24-19(21)14(2)20-22-3/h5-12,20H,2,4,13H2,1,3H3. The molecule has 0 aliphatic carbocycles. The quantitative estimate of drug-likeness (QED) is 0.348. The minimum atomic E-state index is -0.613. The van der Waals surface area contributed by atoms with E-state index in [9.17, 15) is 4.79 Å². The molecule has 0 fully saturated rings. The largest absolute Gasteiger partial charge is 0.488 e. The molecule has 0 aliphatic heterocycles. The van der Waals surface area contributed by atoms with Crippen molar-refractivity contribution >= 4 is 5.97 Å². The first kappa shape index (κ1) is 17.6. The number of nitrogens with one attached hydrogen (secondary N) is 1. The van der Waals surface area contributed by atoms with Gasteiger partial charge in [-0.2, -0.15) is 0 Å². The Morgan fingerprint density at radius 2 is 1.67 bits per heavy atom. The van der Waals surface area contributed by atoms with Crippen LogP contribution in [0.3, 0.4) is 0 Å². The van der Waals surface area contributed by atoms with Crippen LogP contribution >= 0.6 is 0 Å². The molecule has 24 heavy (non-hydrogen) atoms. The monoisotopic (exact) mass is 327 g/mol. The average molecular weight is 327 g/mol. The topological polar surface area (TPSA) is 56.8 Å². The van der Waals surface area contributed by atoms with Crippen LogP contribution in [0, 0.1) is 0 Å². The molecular weight excluding hydrogens is 306 g/mol. The fourth-order valence-electron chi connectivity index (χ4n) is 2.14. The van der Waals surface area contributed by atoms with Crippen molar-refractivity contribution < 1.29 is 19.1 Å². The van der Waals surface area contributed by atoms with E-state index in [0.29, 0.717) is 12.4 Å². The molecule has 2 aromatic carbocycles. The Bertz CT molecular complexity index is 712. The Balaban J connectivity index is 2.09. The van der Waals surface area contributed by atoms with Gasteiger partial charge in [-0.3, -0.25) is 10.3 Å². The number of carbonyl (C=O) groups is 1. The number of hydrogen-bond donors (Lipinski definition) is 1. The molecule has 5 nitrogen and oxygen atoms in total. The van der Waals surface area contributed by atoms with Crippen molar-refractivity contribution in [1.82, 2.24) is 5.48 Å². The summed E-state index contributed by atoms with van der Waals surface area (Å²) >= 11 is 0. The summed E-state index contributed by atoms with van der Waals surface area (Å²) in [6, 6.07) is 15.1. The fourth-order valence-corrected chi connectivity index (χ4v) is 2.14. The van der Waals surface area contributed by atoms with Crippen molar-refractivity contribution in [3.63, 3.8) is 0 Å². The Hall–Kier alpha value is -2.79. The zero-order valence-corrected chi connectivity index (χ0v) is 13.9. The third kappa shape index (κ3) is 4.60. The number of benzene rings is 2. The van der Waals surface area contributed by atoms with E-state index in [4.69, 9.17) is 9.47 Å². The SMILES string of the molecule is C=C(NOC)C(=O)Oc1ccccc1COc1ccccc1CC. The molecular formula is C19H21NO4. The predicted octanol–water partition coefficient (Wildman–Crippen LogP) is 3.40. The molecule has 0 amide bonds. The maximum atomic E-state index is 11.9. The van der Waals surface area contributed by atoms with Crippen LogP contribution in [-0.2, 0) is 22.7 Å². The van der Waals surface area contributed by atoms with E-state index in [1.165, 1.54) is 7.11 Å². The Morgan fingerprint density at radius 1 is 1.04 bits per heavy atom. The summed E-state index contributed by atoms with van der Waals surface area (Å²) in [6.07, 6.45) is 0.884. The summed E-state index contributed by atoms with van der Waals surface area (Å²) in [4.78, 5) is 16.6. The van der Waals surface area contributed by atoms with Crippen molar-refractivity contribution in [1.29, 1.82) is 0 Å². The fraction of sp³-hybridized carbons (Fsp3) is 0.211. The van der Waals surface area contributed by atoms with Gasteiger partial charge in [-0.05, 0) is 24.1 Å². The number of rotatable bonds is 8. The van der Waals surface area contributed by atoms with Crippen LogP contribution in [0.1, 0.15) is 18.1 Å². The summed E-state index contributed by atoms with van der Waals surface area (Å²) in [6.45, 7) is 5.92. The van der Waals surface area contributed by atoms with Crippen molar-refractivity contribution in [2.45, 2.75) is 20.0 Å². The molecule has 0 unspecified atom stereocenters. The molecule has 0 aliphatic rings. The van der Waals surface area contributed by atoms with Crippen LogP contribution in [0.25, 0.3) is 0 Å². The normalized spacial score (nSPS) is 10.1. The van der Waals surface area contributed by atoms with E-state index >= 15 is 0 Å². The number of hydrogen-bond acceptors (Lipinski definition) is 5. The lowest BCUT2D eigenvalue weighted by Crippen LogP contribution is -2.22. The maximum Gasteiger partial charge on any atom is 0.361 e. The Kier molecular flexibility index (Phi) is 6.40. The molecule has 0 bridgehead atoms. The minimum Gasteiger partial charge on any atom is -0.488 e. The molecule has 126 valence electrons. The van der Waals surface area contributed by atoms with Crippen LogP contribution in [0.4, 0.5) is 0 Å². The van der Waals surface area contributed by atoms with Crippen molar-refractivity contribution in [2.75, 3.05) is 7.11 Å². The number of carbonyl (C=O) groups excluding carboxylic acids is 1. The minimum absolute atomic E-state index is 0.0181. The summed E-state index contributed by atoms with van der Waals surface area (Å²) in [5.74, 6) is 0.639. The van der Waals surface area contributed by atoms with Crippen LogP contribution in [0.15, 0.2) is 60.8 Å². The molecule has 1 N–H and O–H groups in total. The van der Waals surface area contributed by atoms with E-state index in [0.717, 1.165) is 23.3 Å². The average Bonchev–Trinajstić information content (AvgIpc) is 2.61. The first-order chi connectivity index (χ1) is 11.7. The second kappa shape index (κ2) is 8.74. The first-order valence-corrected chi connectivity index (χ1v) is 7.64. The highest BCUT2D eigenvalue weighted by atomic mass is 16.6. The molecule has 0 saturated heterocycles. The number of hydroxylamine groups is 1. The lowest BCUT2D eigenvalue weighted by atomic mass is 10.1. The van der Waals surface area contributed by atoms with E-state index in [2.05, 4.69) is 23.8 Å². The third-order valence-electron chi connectivity index (χ3n) is 3.38. The molecule has 0 radical (unpaired) electrons. The van der Waals surface area contributed by atoms with E-state index in [-0.39, 0.29) is 5.70 Å². The summed E-state index contributed by atoms with van der Waals surface area (Å²) in [7, 11) is 1.39. The highest BCUT2D eigenvalue weighted by molar-refractivity contribution is 5.88. The van der Waals surface area contributed by atoms with Crippen molar-refractivity contribution in [2.24, 2.45) is 0 Å². The smallest absolute Gasteiger partial charge is 0.361 e. The van der Waals surface area contributed by atoms with E-state index < -0.39 is 5.97 Å². The van der Waals surface area contributed by atoms with Crippen LogP contribution in [0.5, 0.6) is 11.5 Å². The molecule has 0 spiro atoms. The lowest BCUT2D eigenvalue weighted by Gasteiger charge is -2.14. The lowest BCUT2D eigenvalue weighted by molar-refractivity contribution is -0.131. The van der Waals surface area contributed by atoms with Gasteiger partial charge in [0.05, 0.1) is 7.11 Å². The van der Waals surface area contributed by atoms with Crippen molar-refractivity contribution in [3.8, 4) is 11.5 Å². The van der Waals surface area contributed by atoms with Gasteiger partial charge in [0.25, 0.3) is 0 Å². The highest BCUT2D eigenvalue weighted by Crippen LogP contribution is 2.23. The van der Waals surface area contributed by atoms with Gasteiger partial charge >= 0.3 is 5.97 Å². The Labute approximate surface area is 141 Å². The van der Waals surface area contributed by atoms with E-state index in [1.807, 2.05) is 36.4 Å². The summed E-state index contributed by atoms with van der Waals surface area (Å²) in [5, 5.41) is 0. The molecule has 2 aromatic rings. The molecule has 0 saturated carbocycles. The summed E-state index contributed by atoms with van der Waals surface area (Å²) < 4.78 is 11.2. The molecule has 0 heterocycles. The van der Waals surface area contributed by atoms with Crippen LogP contribution in [0.2, 0.25) is 0 Å². The van der Waals surface area contributed by atoms with Gasteiger partial charge in [-0.15, -0.1) is 0 Å². The third-order valence-corrected chi connectivity index (χ3v) is 3.38. The number of aryl methyl sites for hydroxylation is 1. The molecule has 2 rings (SSSR count). The number of ether oxygens (including phenoxy) is 2. The van der Waals surface area contributed by atoms with Gasteiger partial charge in [-0.1, -0.05) is 49.9 Å². The van der Waals surface area contributed by atoms with Gasteiger partial charge in [0.2, 0.25) is 0 Å².